The van der Waals surface area contributed by atoms with Gasteiger partial charge in [0.1, 0.15) is 9.08 Å². The van der Waals surface area contributed by atoms with Crippen LogP contribution in [0.2, 0.25) is 0 Å². The Kier molecular flexibility index (Phi) is 10.6. The van der Waals surface area contributed by atoms with E-state index >= 15 is 0 Å². The fourth-order valence-corrected chi connectivity index (χ4v) is 2.78. The number of aliphatic imine (C=N–C) groups is 1. The number of fused-ring (bicyclic) bond motifs is 1. The quantitative estimate of drug-likeness (QED) is 0.448. The molecule has 2 heterocycles. The Morgan fingerprint density at radius 3 is 2.48 bits per heavy atom. The molecule has 0 aliphatic heterocycles. The molecule has 0 saturated carbocycles. The van der Waals surface area contributed by atoms with Gasteiger partial charge < -0.3 is 4.98 Å². The number of rotatable bonds is 0. The van der Waals surface area contributed by atoms with Gasteiger partial charge in [0.2, 0.25) is 6.19 Å². The maximum atomic E-state index is 11.1. The highest BCUT2D eigenvalue weighted by Gasteiger charge is 2.03. The minimum Gasteiger partial charge on any atom is -0.312 e. The molecule has 0 aliphatic rings. The number of aromatic nitrogens is 3. The van der Waals surface area contributed by atoms with Gasteiger partial charge in [0.25, 0.3) is 5.56 Å². The lowest BCUT2D eigenvalue weighted by Gasteiger charge is -1.88. The average molecular weight is 344 g/mol. The number of H-pyrrole nitrogens is 1. The summed E-state index contributed by atoms with van der Waals surface area (Å²) in [5.74, 6) is 0. The monoisotopic (exact) mass is 343 g/mol. The summed E-state index contributed by atoms with van der Waals surface area (Å²) in [6.45, 7) is 5.85. The highest BCUT2D eigenvalue weighted by atomic mass is 32.2. The van der Waals surface area contributed by atoms with E-state index in [0.29, 0.717) is 10.3 Å². The van der Waals surface area contributed by atoms with Crippen LogP contribution < -0.4 is 5.56 Å². The molecule has 0 unspecified atom stereocenters. The molecule has 114 valence electrons. The van der Waals surface area contributed by atoms with Crippen LogP contribution in [0.4, 0.5) is 0 Å². The maximum Gasteiger partial charge on any atom is 0.270 e. The number of aryl methyl sites for hydroxylation is 1. The number of aromatic amines is 1. The minimum absolute atomic E-state index is 0.111. The topological polar surface area (TPSA) is 94.8 Å². The van der Waals surface area contributed by atoms with Gasteiger partial charge in [0.05, 0.1) is 11.3 Å². The van der Waals surface area contributed by atoms with Gasteiger partial charge in [-0.25, -0.2) is 9.97 Å². The fraction of sp³-hybridized carbons (Fsp3) is 0.417. The first-order valence-corrected chi connectivity index (χ1v) is 9.24. The van der Waals surface area contributed by atoms with Crippen LogP contribution in [0.25, 0.3) is 10.3 Å². The van der Waals surface area contributed by atoms with Gasteiger partial charge in [-0.1, -0.05) is 13.8 Å². The molecular formula is C12H17N5OS3. The molecule has 0 spiro atoms. The van der Waals surface area contributed by atoms with Crippen molar-refractivity contribution in [2.75, 3.05) is 12.5 Å². The number of nitriles is 1. The second-order valence-corrected chi connectivity index (χ2v) is 6.05. The molecule has 0 amide bonds. The Bertz CT molecular complexity index is 665. The molecule has 2 rings (SSSR count). The van der Waals surface area contributed by atoms with Crippen molar-refractivity contribution >= 4 is 49.6 Å². The van der Waals surface area contributed by atoms with E-state index in [1.807, 2.05) is 33.3 Å². The Morgan fingerprint density at radius 2 is 2.05 bits per heavy atom. The van der Waals surface area contributed by atoms with Crippen LogP contribution in [0.3, 0.4) is 0 Å². The van der Waals surface area contributed by atoms with E-state index < -0.39 is 0 Å². The summed E-state index contributed by atoms with van der Waals surface area (Å²) in [5, 5.41) is 8.90. The van der Waals surface area contributed by atoms with E-state index in [4.69, 9.17) is 5.26 Å². The first-order valence-electron chi connectivity index (χ1n) is 5.98. The summed E-state index contributed by atoms with van der Waals surface area (Å²) in [5.41, 5.74) is 0.428. The number of hydrogen-bond donors (Lipinski definition) is 1. The average Bonchev–Trinajstić information content (AvgIpc) is 2.89. The van der Waals surface area contributed by atoms with Gasteiger partial charge >= 0.3 is 0 Å². The number of nitrogens with one attached hydrogen (secondary N) is 1. The van der Waals surface area contributed by atoms with Crippen molar-refractivity contribution in [3.8, 4) is 6.19 Å². The van der Waals surface area contributed by atoms with E-state index in [1.165, 1.54) is 41.2 Å². The van der Waals surface area contributed by atoms with Crippen LogP contribution in [-0.4, -0.2) is 31.8 Å². The zero-order valence-electron chi connectivity index (χ0n) is 12.5. The van der Waals surface area contributed by atoms with Crippen LogP contribution in [0, 0.1) is 18.4 Å². The van der Waals surface area contributed by atoms with Crippen molar-refractivity contribution in [1.82, 2.24) is 15.0 Å². The highest BCUT2D eigenvalue weighted by Crippen LogP contribution is 2.13. The van der Waals surface area contributed by atoms with Crippen molar-refractivity contribution in [3.63, 3.8) is 0 Å². The van der Waals surface area contributed by atoms with Crippen LogP contribution in [0.1, 0.15) is 18.9 Å². The number of thioether (sulfide) groups is 2. The maximum absolute atomic E-state index is 11.1. The lowest BCUT2D eigenvalue weighted by molar-refractivity contribution is 1.15. The van der Waals surface area contributed by atoms with Gasteiger partial charge in [-0.05, 0) is 19.4 Å². The van der Waals surface area contributed by atoms with Crippen LogP contribution in [0.15, 0.2) is 16.1 Å². The van der Waals surface area contributed by atoms with Crippen molar-refractivity contribution in [3.05, 3.63) is 21.7 Å². The zero-order chi connectivity index (χ0) is 16.3. The smallest absolute Gasteiger partial charge is 0.270 e. The predicted octanol–water partition coefficient (Wildman–Crippen LogP) is 3.26. The van der Waals surface area contributed by atoms with Gasteiger partial charge in [0.15, 0.2) is 5.65 Å². The van der Waals surface area contributed by atoms with Crippen LogP contribution >= 0.6 is 34.9 Å². The molecule has 0 aromatic carbocycles. The second-order valence-electron chi connectivity index (χ2n) is 3.00. The number of thiazole rings is 1. The molecule has 0 atom stereocenters. The molecule has 0 bridgehead atoms. The summed E-state index contributed by atoms with van der Waals surface area (Å²) in [7, 11) is 0. The lowest BCUT2D eigenvalue weighted by Crippen LogP contribution is -2.03. The third-order valence-corrected chi connectivity index (χ3v) is 4.64. The number of hydrogen-bond acceptors (Lipinski definition) is 8. The van der Waals surface area contributed by atoms with E-state index in [2.05, 4.69) is 19.9 Å². The third kappa shape index (κ3) is 6.75. The largest absolute Gasteiger partial charge is 0.312 e. The van der Waals surface area contributed by atoms with E-state index in [1.54, 1.807) is 6.19 Å². The van der Waals surface area contributed by atoms with Gasteiger partial charge in [-0.3, -0.25) is 4.79 Å². The molecule has 1 N–H and O–H groups in total. The standard InChI is InChI=1S/C6H5N3OS.C4H6N2S2.C2H6/c1-3-9-5-4(11-3)6(10)8-2-7-5;1-7-4(8-2)6-3-5;1-2/h2H,1H3,(H,7,8,10);1-2H3;1-2H3. The molecule has 0 saturated heterocycles. The van der Waals surface area contributed by atoms with Gasteiger partial charge in [-0.2, -0.15) is 10.3 Å². The first kappa shape index (κ1) is 19.6. The highest BCUT2D eigenvalue weighted by molar-refractivity contribution is 8.38. The van der Waals surface area contributed by atoms with E-state index in [9.17, 15) is 4.79 Å². The molecule has 0 fully saturated rings. The molecule has 6 nitrogen and oxygen atoms in total. The molecule has 2 aromatic rings. The zero-order valence-corrected chi connectivity index (χ0v) is 14.9. The van der Waals surface area contributed by atoms with Gasteiger partial charge in [0, 0.05) is 0 Å². The molecule has 0 radical (unpaired) electrons. The Morgan fingerprint density at radius 1 is 1.43 bits per heavy atom. The van der Waals surface area contributed by atoms with E-state index in [0.717, 1.165) is 9.38 Å². The molecule has 9 heteroatoms. The van der Waals surface area contributed by atoms with Crippen LogP contribution in [-0.2, 0) is 0 Å². The second kappa shape index (κ2) is 11.3. The first-order chi connectivity index (χ1) is 10.1. The summed E-state index contributed by atoms with van der Waals surface area (Å²) in [4.78, 5) is 25.0. The summed E-state index contributed by atoms with van der Waals surface area (Å²) in [6, 6.07) is 0. The molecule has 0 aliphatic carbocycles. The Balaban J connectivity index is 0.000000358. The molecular weight excluding hydrogens is 326 g/mol. The normalized spacial score (nSPS) is 8.76. The van der Waals surface area contributed by atoms with Gasteiger partial charge in [-0.15, -0.1) is 34.9 Å². The Hall–Kier alpha value is -1.37. The third-order valence-electron chi connectivity index (χ3n) is 1.80. The SMILES string of the molecule is CC.CSC(=NC#N)SC.Cc1nc2nc[nH]c(=O)c2s1. The summed E-state index contributed by atoms with van der Waals surface area (Å²) >= 11 is 4.33. The Labute approximate surface area is 136 Å². The summed E-state index contributed by atoms with van der Waals surface area (Å²) < 4.78 is 1.41. The predicted molar refractivity (Wildman–Crippen MR) is 94.2 cm³/mol. The van der Waals surface area contributed by atoms with E-state index in [-0.39, 0.29) is 5.56 Å². The van der Waals surface area contributed by atoms with Crippen molar-refractivity contribution < 1.29 is 0 Å². The van der Waals surface area contributed by atoms with Crippen molar-refractivity contribution in [2.24, 2.45) is 4.99 Å². The number of nitrogens with zero attached hydrogens (tertiary/aromatic N) is 4. The van der Waals surface area contributed by atoms with Crippen molar-refractivity contribution in [1.29, 1.82) is 5.26 Å². The van der Waals surface area contributed by atoms with Crippen molar-refractivity contribution in [2.45, 2.75) is 20.8 Å². The fourth-order valence-electron chi connectivity index (χ4n) is 1.08. The van der Waals surface area contributed by atoms with Crippen LogP contribution in [0.5, 0.6) is 0 Å². The summed E-state index contributed by atoms with van der Waals surface area (Å²) in [6.07, 6.45) is 6.87. The lowest BCUT2D eigenvalue weighted by atomic mass is 10.6. The minimum atomic E-state index is -0.111. The molecule has 21 heavy (non-hydrogen) atoms. The molecule has 2 aromatic heterocycles.